The Morgan fingerprint density at radius 2 is 1.16 bits per heavy atom. The van der Waals surface area contributed by atoms with Gasteiger partial charge in [0.25, 0.3) is 5.91 Å². The van der Waals surface area contributed by atoms with Crippen LogP contribution in [0.25, 0.3) is 0 Å². The number of hydrogen-bond acceptors (Lipinski definition) is 24. The molecule has 10 amide bonds. The van der Waals surface area contributed by atoms with Gasteiger partial charge in [-0.15, -0.1) is 0 Å². The predicted octanol–water partition coefficient (Wildman–Crippen LogP) is -3.63. The minimum absolute atomic E-state index is 0.00318. The monoisotopic (exact) mass is 1450 g/mol. The van der Waals surface area contributed by atoms with Crippen molar-refractivity contribution in [3.05, 3.63) is 35.9 Å². The zero-order valence-electron chi connectivity index (χ0n) is 55.2. The van der Waals surface area contributed by atoms with Crippen molar-refractivity contribution in [1.29, 1.82) is 5.41 Å². The average Bonchev–Trinajstić information content (AvgIpc) is 0.921. The highest BCUT2D eigenvalue weighted by atomic mass is 32.2. The van der Waals surface area contributed by atoms with E-state index in [1.165, 1.54) is 18.0 Å². The van der Waals surface area contributed by atoms with Crippen LogP contribution >= 0.6 is 37.0 Å². The number of thioether (sulfide) groups is 1. The van der Waals surface area contributed by atoms with E-state index in [0.29, 0.717) is 51.6 Å². The SMILES string of the molecule is CCOCCOCCOCCNC(=O)[C@@H]1CSCCCC(=O)N[C@@H](CCCCNC(=O)CO/N=C\COCCOCCOCCOCCF)C(=O)N[C@@H](CS)C(=O)N[C@@H](CCCNC(=N)N)C(=O)NCC(=O)N[C@@H](CC(=O)O)C(=O)N[C@@H](CS)C(=O)N[C@@H](Cc2ccccc2)C(=O)N1. The maximum Gasteiger partial charge on any atom is 0.305 e. The van der Waals surface area contributed by atoms with E-state index in [-0.39, 0.29) is 141 Å². The number of guanidine groups is 1. The second kappa shape index (κ2) is 55.7. The quantitative estimate of drug-likeness (QED) is 0.00988. The number of ether oxygens (including phenoxy) is 7. The highest BCUT2D eigenvalue weighted by Gasteiger charge is 2.34. The number of nitrogens with zero attached hydrogens (tertiary/aromatic N) is 1. The molecule has 0 saturated carbocycles. The summed E-state index contributed by atoms with van der Waals surface area (Å²) >= 11 is 9.73. The van der Waals surface area contributed by atoms with Gasteiger partial charge in [-0.05, 0) is 56.8 Å². The summed E-state index contributed by atoms with van der Waals surface area (Å²) in [5, 5.41) is 49.1. The van der Waals surface area contributed by atoms with Crippen molar-refractivity contribution in [3.8, 4) is 0 Å². The Kier molecular flexibility index (Phi) is 49.4. The van der Waals surface area contributed by atoms with Crippen molar-refractivity contribution in [3.63, 3.8) is 0 Å². The molecule has 1 fully saturated rings. The summed E-state index contributed by atoms with van der Waals surface area (Å²) in [4.78, 5) is 155. The molecule has 554 valence electrons. The highest BCUT2D eigenvalue weighted by molar-refractivity contribution is 7.99. The Hall–Kier alpha value is -7.17. The number of aliphatic carboxylic acids is 1. The van der Waals surface area contributed by atoms with Gasteiger partial charge in [-0.2, -0.15) is 37.0 Å². The third-order valence-electron chi connectivity index (χ3n) is 13.5. The molecular formula is C60H99FN14O20S3. The molecule has 7 atom stereocenters. The Labute approximate surface area is 584 Å². The molecule has 0 bridgehead atoms. The standard InChI is InChI=1S/C60H99FN14O20S3/c1-2-88-23-24-92-29-26-90-21-18-65-54(82)48-40-98-33-9-14-49(76)69-43(12-6-7-16-64-51(78)37-95-68-19-22-91-27-30-94-32-31-93-28-25-89-20-15-61)55(83)73-46(38-96)58(86)71-42(13-8-17-66-60(62)63)53(81)67-36-50(77)70-45(35-52(79)80)57(85)74-47(39-97)59(87)72-44(56(84)75-48)34-41-10-4-3-5-11-41/h3-5,10-11,19,42-48,96-97H,2,6-9,12-18,20-40H2,1H3,(H,64,78)(H,65,82)(H,67,81)(H,69,76)(H,70,77)(H,71,86)(H,72,87)(H,73,83)(H,74,85)(H,75,84)(H,79,80)(H4,62,63,66)/b68-19-/t42-,43-,44-,45-,46-,47-,48-/m0/s1. The van der Waals surface area contributed by atoms with Crippen LogP contribution in [0.4, 0.5) is 4.39 Å². The number of hydrogen-bond donors (Lipinski definition) is 16. The molecule has 15 N–H and O–H groups in total. The maximum absolute atomic E-state index is 14.4. The van der Waals surface area contributed by atoms with Crippen molar-refractivity contribution < 1.29 is 100 Å². The van der Waals surface area contributed by atoms with Gasteiger partial charge >= 0.3 is 5.97 Å². The number of oxime groups is 1. The third kappa shape index (κ3) is 42.6. The number of carboxylic acids is 1. The van der Waals surface area contributed by atoms with Crippen LogP contribution in [0.15, 0.2) is 35.5 Å². The Morgan fingerprint density at radius 3 is 1.78 bits per heavy atom. The van der Waals surface area contributed by atoms with E-state index >= 15 is 0 Å². The fourth-order valence-electron chi connectivity index (χ4n) is 8.52. The van der Waals surface area contributed by atoms with Crippen molar-refractivity contribution in [2.24, 2.45) is 10.9 Å². The lowest BCUT2D eigenvalue weighted by atomic mass is 10.0. The lowest BCUT2D eigenvalue weighted by Gasteiger charge is -2.26. The van der Waals surface area contributed by atoms with Crippen LogP contribution in [0.3, 0.4) is 0 Å². The molecule has 34 nitrogen and oxygen atoms in total. The first-order valence-electron chi connectivity index (χ1n) is 32.1. The van der Waals surface area contributed by atoms with Gasteiger partial charge < -0.3 is 107 Å². The number of rotatable bonds is 42. The summed E-state index contributed by atoms with van der Waals surface area (Å²) in [6.45, 7) is 4.00. The van der Waals surface area contributed by atoms with Gasteiger partial charge in [0.2, 0.25) is 53.2 Å². The topological polar surface area (TPSA) is 476 Å². The Morgan fingerprint density at radius 1 is 0.633 bits per heavy atom. The summed E-state index contributed by atoms with van der Waals surface area (Å²) < 4.78 is 49.4. The number of thiol groups is 2. The predicted molar refractivity (Wildman–Crippen MR) is 364 cm³/mol. The first-order chi connectivity index (χ1) is 47.3. The number of carboxylic acid groups (broad SMARTS) is 1. The Bertz CT molecular complexity index is 2580. The van der Waals surface area contributed by atoms with E-state index in [2.05, 4.69) is 88.9 Å². The zero-order chi connectivity index (χ0) is 72.0. The minimum Gasteiger partial charge on any atom is -0.481 e. The summed E-state index contributed by atoms with van der Waals surface area (Å²) in [6.07, 6.45) is 0.772. The number of unbranched alkanes of at least 4 members (excludes halogenated alkanes) is 1. The number of nitrogens with one attached hydrogen (secondary N) is 12. The number of benzene rings is 1. The largest absolute Gasteiger partial charge is 0.481 e. The van der Waals surface area contributed by atoms with Gasteiger partial charge in [0.1, 0.15) is 49.0 Å². The first-order valence-corrected chi connectivity index (χ1v) is 34.5. The molecule has 1 aromatic rings. The molecule has 0 spiro atoms. The van der Waals surface area contributed by atoms with Gasteiger partial charge in [-0.25, -0.2) is 4.39 Å². The number of nitrogens with two attached hydrogens (primary N) is 1. The van der Waals surface area contributed by atoms with Crippen LogP contribution in [0.2, 0.25) is 0 Å². The molecule has 1 aliphatic heterocycles. The average molecular weight is 1450 g/mol. The van der Waals surface area contributed by atoms with Crippen LogP contribution in [-0.2, 0) is 97.2 Å². The number of amides is 10. The second-order valence-corrected chi connectivity index (χ2v) is 23.2. The lowest BCUT2D eigenvalue weighted by molar-refractivity contribution is -0.141. The number of alkyl halides is 1. The molecule has 1 aromatic carbocycles. The lowest BCUT2D eigenvalue weighted by Crippen LogP contribution is -2.60. The van der Waals surface area contributed by atoms with Crippen molar-refractivity contribution >= 4 is 114 Å². The molecular weight excluding hydrogens is 1350 g/mol. The van der Waals surface area contributed by atoms with E-state index in [1.807, 2.05) is 6.92 Å². The van der Waals surface area contributed by atoms with Gasteiger partial charge in [0.05, 0.1) is 105 Å². The fraction of sp³-hybridized carbons (Fsp3) is 0.683. The summed E-state index contributed by atoms with van der Waals surface area (Å²) in [5.41, 5.74) is 6.01. The summed E-state index contributed by atoms with van der Waals surface area (Å²) in [7, 11) is 0. The van der Waals surface area contributed by atoms with Crippen LogP contribution < -0.4 is 64.2 Å². The molecule has 1 aliphatic rings. The van der Waals surface area contributed by atoms with Crippen LogP contribution in [0, 0.1) is 5.41 Å². The van der Waals surface area contributed by atoms with Gasteiger partial charge in [0, 0.05) is 56.3 Å². The number of halogens is 1. The van der Waals surface area contributed by atoms with E-state index in [0.717, 1.165) is 0 Å². The van der Waals surface area contributed by atoms with E-state index in [9.17, 15) is 62.2 Å². The van der Waals surface area contributed by atoms with Crippen molar-refractivity contribution in [1.82, 2.24) is 58.5 Å². The number of carbonyl (C=O) groups excluding carboxylic acids is 10. The van der Waals surface area contributed by atoms with Crippen LogP contribution in [-0.4, -0.2) is 280 Å². The minimum atomic E-state index is -1.84. The highest BCUT2D eigenvalue weighted by Crippen LogP contribution is 2.12. The molecule has 0 unspecified atom stereocenters. The van der Waals surface area contributed by atoms with Crippen molar-refractivity contribution in [2.75, 3.05) is 155 Å². The third-order valence-corrected chi connectivity index (χ3v) is 15.4. The van der Waals surface area contributed by atoms with E-state index < -0.39 is 139 Å². The molecule has 2 rings (SSSR count). The molecule has 38 heteroatoms. The van der Waals surface area contributed by atoms with Crippen LogP contribution in [0.5, 0.6) is 0 Å². The Balaban J connectivity index is 2.39. The summed E-state index contributed by atoms with van der Waals surface area (Å²) in [6, 6.07) is -1.64. The summed E-state index contributed by atoms with van der Waals surface area (Å²) in [5.74, 6) is -10.9. The normalized spacial score (nSPS) is 20.1. The fourth-order valence-corrected chi connectivity index (χ4v) is 10.0. The second-order valence-electron chi connectivity index (χ2n) is 21.3. The first kappa shape index (κ1) is 86.9. The smallest absolute Gasteiger partial charge is 0.305 e. The molecule has 0 radical (unpaired) electrons. The van der Waals surface area contributed by atoms with Gasteiger partial charge in [-0.1, -0.05) is 35.5 Å². The molecule has 0 aliphatic carbocycles. The molecule has 0 aromatic heterocycles. The van der Waals surface area contributed by atoms with Crippen molar-refractivity contribution in [2.45, 2.75) is 107 Å². The molecule has 1 saturated heterocycles. The van der Waals surface area contributed by atoms with E-state index in [4.69, 9.17) is 49.1 Å². The van der Waals surface area contributed by atoms with Crippen LogP contribution in [0.1, 0.15) is 63.9 Å². The van der Waals surface area contributed by atoms with E-state index in [1.54, 1.807) is 30.3 Å². The zero-order valence-corrected chi connectivity index (χ0v) is 57.9. The van der Waals surface area contributed by atoms with Gasteiger partial charge in [-0.3, -0.25) is 58.1 Å². The maximum atomic E-state index is 14.4. The molecule has 1 heterocycles. The number of carbonyl (C=O) groups is 11. The van der Waals surface area contributed by atoms with Gasteiger partial charge in [0.15, 0.2) is 12.6 Å². The molecule has 98 heavy (non-hydrogen) atoms.